The summed E-state index contributed by atoms with van der Waals surface area (Å²) in [5.74, 6) is 0. The lowest BCUT2D eigenvalue weighted by molar-refractivity contribution is 0.482. The Morgan fingerprint density at radius 1 is 1.65 bits per heavy atom. The molecule has 0 saturated carbocycles. The second-order valence-electron chi connectivity index (χ2n) is 4.24. The van der Waals surface area contributed by atoms with Crippen LogP contribution in [0.3, 0.4) is 0 Å². The molecule has 6 heteroatoms. The second-order valence-corrected chi connectivity index (χ2v) is 5.33. The first kappa shape index (κ1) is 10.3. The fraction of sp³-hybridized carbons (Fsp3) is 0.364. The molecule has 0 aliphatic carbocycles. The zero-order chi connectivity index (χ0) is 12.2. The lowest BCUT2D eigenvalue weighted by Crippen LogP contribution is -2.31. The van der Waals surface area contributed by atoms with Gasteiger partial charge < -0.3 is 0 Å². The molecular formula is C11H10N4OS. The van der Waals surface area contributed by atoms with E-state index in [0.29, 0.717) is 4.80 Å². The molecule has 3 heterocycles. The van der Waals surface area contributed by atoms with Crippen molar-refractivity contribution in [2.45, 2.75) is 25.8 Å². The van der Waals surface area contributed by atoms with Gasteiger partial charge in [0.1, 0.15) is 17.3 Å². The van der Waals surface area contributed by atoms with Gasteiger partial charge in [-0.2, -0.15) is 5.26 Å². The monoisotopic (exact) mass is 246 g/mol. The van der Waals surface area contributed by atoms with Gasteiger partial charge in [0.2, 0.25) is 0 Å². The van der Waals surface area contributed by atoms with E-state index in [1.54, 1.807) is 8.97 Å². The van der Waals surface area contributed by atoms with Crippen molar-refractivity contribution in [3.63, 3.8) is 0 Å². The molecule has 2 aromatic rings. The van der Waals surface area contributed by atoms with Crippen LogP contribution < -0.4 is 10.4 Å². The van der Waals surface area contributed by atoms with E-state index in [0.717, 1.165) is 23.4 Å². The first-order valence-electron chi connectivity index (χ1n) is 5.37. The van der Waals surface area contributed by atoms with Crippen LogP contribution in [0, 0.1) is 16.7 Å². The number of hydrogen-bond donors (Lipinski definition) is 1. The molecular weight excluding hydrogens is 236 g/mol. The van der Waals surface area contributed by atoms with Crippen LogP contribution >= 0.6 is 11.3 Å². The van der Waals surface area contributed by atoms with Crippen molar-refractivity contribution < 1.29 is 0 Å². The highest BCUT2D eigenvalue weighted by Crippen LogP contribution is 2.26. The highest BCUT2D eigenvalue weighted by molar-refractivity contribution is 7.09. The van der Waals surface area contributed by atoms with Gasteiger partial charge in [-0.05, 0) is 19.8 Å². The summed E-state index contributed by atoms with van der Waals surface area (Å²) < 4.78 is 3.31. The Labute approximate surface area is 101 Å². The second kappa shape index (κ2) is 3.31. The van der Waals surface area contributed by atoms with Crippen molar-refractivity contribution in [2.75, 3.05) is 0 Å². The minimum Gasteiger partial charge on any atom is -0.289 e. The fourth-order valence-corrected chi connectivity index (χ4v) is 3.32. The summed E-state index contributed by atoms with van der Waals surface area (Å²) in [5.41, 5.74) is 0.663. The number of nitrogens with zero attached hydrogens (tertiary/aromatic N) is 3. The molecule has 0 fully saturated rings. The Hall–Kier alpha value is -1.87. The number of hydrogen-bond acceptors (Lipinski definition) is 4. The van der Waals surface area contributed by atoms with Crippen LogP contribution in [0.25, 0.3) is 5.65 Å². The molecule has 1 unspecified atom stereocenters. The highest BCUT2D eigenvalue weighted by Gasteiger charge is 2.23. The smallest absolute Gasteiger partial charge is 0.271 e. The standard InChI is InChI=1S/C11H10N4OS/c1-6-2-3-8-9-14(11(13)17-8)5-7(4-12)10(16)15(6)9/h5-6,13H,2-3H2,1H3. The highest BCUT2D eigenvalue weighted by atomic mass is 32.1. The van der Waals surface area contributed by atoms with Gasteiger partial charge in [-0.25, -0.2) is 0 Å². The quantitative estimate of drug-likeness (QED) is 0.753. The van der Waals surface area contributed by atoms with E-state index in [1.165, 1.54) is 17.5 Å². The SMILES string of the molecule is CC1CCc2sc(=N)n3cc(C#N)c(=O)n1c23. The Balaban J connectivity index is 2.62. The van der Waals surface area contributed by atoms with Crippen molar-refractivity contribution in [3.8, 4) is 6.07 Å². The van der Waals surface area contributed by atoms with Gasteiger partial charge in [0.05, 0.1) is 0 Å². The normalized spacial score (nSPS) is 18.2. The maximum absolute atomic E-state index is 12.1. The molecule has 3 rings (SSSR count). The van der Waals surface area contributed by atoms with Gasteiger partial charge in [0.25, 0.3) is 5.56 Å². The van der Waals surface area contributed by atoms with E-state index in [9.17, 15) is 4.79 Å². The number of thiazole rings is 1. The minimum atomic E-state index is -0.237. The summed E-state index contributed by atoms with van der Waals surface area (Å²) in [4.78, 5) is 13.6. The summed E-state index contributed by atoms with van der Waals surface area (Å²) in [6.07, 6.45) is 3.27. The molecule has 0 radical (unpaired) electrons. The summed E-state index contributed by atoms with van der Waals surface area (Å²) in [5, 5.41) is 16.8. The number of aryl methyl sites for hydroxylation is 1. The maximum atomic E-state index is 12.1. The number of aromatic nitrogens is 2. The summed E-state index contributed by atoms with van der Waals surface area (Å²) >= 11 is 1.38. The third kappa shape index (κ3) is 1.23. The van der Waals surface area contributed by atoms with E-state index in [2.05, 4.69) is 0 Å². The summed E-state index contributed by atoms with van der Waals surface area (Å²) in [6, 6.07) is 2.00. The predicted octanol–water partition coefficient (Wildman–Crippen LogP) is 1.02. The van der Waals surface area contributed by atoms with Crippen LogP contribution in [0.15, 0.2) is 11.0 Å². The molecule has 2 aromatic heterocycles. The van der Waals surface area contributed by atoms with Crippen LogP contribution in [-0.4, -0.2) is 8.97 Å². The van der Waals surface area contributed by atoms with Crippen LogP contribution in [0.1, 0.15) is 29.8 Å². The minimum absolute atomic E-state index is 0.0901. The molecule has 1 atom stereocenters. The molecule has 86 valence electrons. The molecule has 0 bridgehead atoms. The van der Waals surface area contributed by atoms with Crippen molar-refractivity contribution in [2.24, 2.45) is 0 Å². The Morgan fingerprint density at radius 2 is 2.41 bits per heavy atom. The zero-order valence-electron chi connectivity index (χ0n) is 9.23. The third-order valence-electron chi connectivity index (χ3n) is 3.20. The van der Waals surface area contributed by atoms with Crippen LogP contribution in [0.2, 0.25) is 0 Å². The Bertz CT molecular complexity index is 774. The molecule has 1 aliphatic rings. The largest absolute Gasteiger partial charge is 0.289 e. The van der Waals surface area contributed by atoms with E-state index >= 15 is 0 Å². The van der Waals surface area contributed by atoms with Gasteiger partial charge in [-0.3, -0.25) is 19.2 Å². The molecule has 0 saturated heterocycles. The van der Waals surface area contributed by atoms with Crippen LogP contribution in [0.4, 0.5) is 0 Å². The maximum Gasteiger partial charge on any atom is 0.271 e. The van der Waals surface area contributed by atoms with Crippen LogP contribution in [-0.2, 0) is 6.42 Å². The summed E-state index contributed by atoms with van der Waals surface area (Å²) in [6.45, 7) is 1.98. The van der Waals surface area contributed by atoms with E-state index < -0.39 is 0 Å². The lowest BCUT2D eigenvalue weighted by atomic mass is 10.1. The van der Waals surface area contributed by atoms with E-state index in [-0.39, 0.29) is 17.2 Å². The van der Waals surface area contributed by atoms with E-state index in [1.807, 2.05) is 13.0 Å². The molecule has 1 aliphatic heterocycles. The number of nitrogens with one attached hydrogen (secondary N) is 1. The van der Waals surface area contributed by atoms with Gasteiger partial charge >= 0.3 is 0 Å². The Kier molecular flexibility index (Phi) is 2.00. The molecule has 5 nitrogen and oxygen atoms in total. The average molecular weight is 246 g/mol. The first-order valence-corrected chi connectivity index (χ1v) is 6.19. The fourth-order valence-electron chi connectivity index (χ4n) is 2.34. The number of nitriles is 1. The molecule has 0 aromatic carbocycles. The molecule has 17 heavy (non-hydrogen) atoms. The summed E-state index contributed by atoms with van der Waals surface area (Å²) in [7, 11) is 0. The van der Waals surface area contributed by atoms with Gasteiger partial charge in [-0.1, -0.05) is 11.3 Å². The molecule has 1 N–H and O–H groups in total. The molecule has 0 amide bonds. The number of rotatable bonds is 0. The first-order chi connectivity index (χ1) is 8.13. The zero-order valence-corrected chi connectivity index (χ0v) is 10.0. The predicted molar refractivity (Wildman–Crippen MR) is 63.1 cm³/mol. The lowest BCUT2D eigenvalue weighted by Gasteiger charge is -2.21. The Morgan fingerprint density at radius 3 is 3.12 bits per heavy atom. The van der Waals surface area contributed by atoms with E-state index in [4.69, 9.17) is 10.7 Å². The van der Waals surface area contributed by atoms with Crippen molar-refractivity contribution in [3.05, 3.63) is 31.8 Å². The van der Waals surface area contributed by atoms with Gasteiger partial charge in [-0.15, -0.1) is 0 Å². The topological polar surface area (TPSA) is 74.1 Å². The van der Waals surface area contributed by atoms with Crippen molar-refractivity contribution in [1.29, 1.82) is 10.7 Å². The third-order valence-corrected chi connectivity index (χ3v) is 4.23. The van der Waals surface area contributed by atoms with Gasteiger partial charge in [0.15, 0.2) is 4.80 Å². The molecule has 0 spiro atoms. The van der Waals surface area contributed by atoms with Crippen LogP contribution in [0.5, 0.6) is 0 Å². The van der Waals surface area contributed by atoms with Crippen molar-refractivity contribution >= 4 is 17.0 Å². The van der Waals surface area contributed by atoms with Gasteiger partial charge in [0, 0.05) is 17.1 Å². The van der Waals surface area contributed by atoms with Crippen molar-refractivity contribution in [1.82, 2.24) is 8.97 Å². The average Bonchev–Trinajstić information content (AvgIpc) is 2.62.